The van der Waals surface area contributed by atoms with E-state index in [9.17, 15) is 22.8 Å². The average molecular weight is 591 g/mol. The van der Waals surface area contributed by atoms with Crippen molar-refractivity contribution in [1.29, 1.82) is 0 Å². The van der Waals surface area contributed by atoms with Gasteiger partial charge in [0.15, 0.2) is 0 Å². The largest absolute Gasteiger partial charge is 0.450 e. The molecule has 0 radical (unpaired) electrons. The third-order valence-electron chi connectivity index (χ3n) is 7.45. The Morgan fingerprint density at radius 1 is 1.10 bits per heavy atom. The minimum Gasteiger partial charge on any atom is -0.450 e. The highest BCUT2D eigenvalue weighted by atomic mass is 32.2. The summed E-state index contributed by atoms with van der Waals surface area (Å²) in [7, 11) is -3.64. The number of benzene rings is 1. The van der Waals surface area contributed by atoms with Crippen LogP contribution in [0.5, 0.6) is 0 Å². The fraction of sp³-hybridized carbons (Fsp3) is 0.536. The summed E-state index contributed by atoms with van der Waals surface area (Å²) in [5.74, 6) is -0.299. The Balaban J connectivity index is 1.59. The fourth-order valence-corrected chi connectivity index (χ4v) is 8.07. The van der Waals surface area contributed by atoms with E-state index in [2.05, 4.69) is 5.32 Å². The van der Waals surface area contributed by atoms with E-state index in [4.69, 9.17) is 4.74 Å². The van der Waals surface area contributed by atoms with E-state index >= 15 is 0 Å². The molecule has 0 aliphatic carbocycles. The van der Waals surface area contributed by atoms with Crippen LogP contribution in [-0.2, 0) is 27.7 Å². The van der Waals surface area contributed by atoms with Crippen LogP contribution in [0.1, 0.15) is 71.7 Å². The highest BCUT2D eigenvalue weighted by Crippen LogP contribution is 2.38. The van der Waals surface area contributed by atoms with E-state index in [1.165, 1.54) is 39.9 Å². The number of nitrogens with one attached hydrogen (secondary N) is 1. The van der Waals surface area contributed by atoms with Crippen LogP contribution >= 0.6 is 11.3 Å². The molecule has 0 saturated carbocycles. The number of carbonyl (C=O) groups excluding carboxylic acids is 3. The van der Waals surface area contributed by atoms with Crippen molar-refractivity contribution in [3.8, 4) is 0 Å². The summed E-state index contributed by atoms with van der Waals surface area (Å²) in [5, 5.41) is 3.33. The average Bonchev–Trinajstić information content (AvgIpc) is 3.30. The number of amides is 3. The van der Waals surface area contributed by atoms with E-state index in [0.717, 1.165) is 23.3 Å². The third kappa shape index (κ3) is 6.18. The van der Waals surface area contributed by atoms with Crippen LogP contribution in [0.25, 0.3) is 0 Å². The number of fused-ring (bicyclic) bond motifs is 1. The summed E-state index contributed by atoms with van der Waals surface area (Å²) in [4.78, 5) is 43.5. The Hall–Kier alpha value is -2.96. The Bertz CT molecular complexity index is 1350. The minimum absolute atomic E-state index is 0.154. The maximum Gasteiger partial charge on any atom is 0.410 e. The zero-order valence-electron chi connectivity index (χ0n) is 23.6. The number of ether oxygens (including phenoxy) is 1. The molecule has 0 spiro atoms. The lowest BCUT2D eigenvalue weighted by atomic mass is 10.0. The first kappa shape index (κ1) is 30.0. The van der Waals surface area contributed by atoms with Crippen LogP contribution in [0, 0.1) is 5.92 Å². The van der Waals surface area contributed by atoms with Gasteiger partial charge in [0.1, 0.15) is 5.00 Å². The minimum atomic E-state index is -3.64. The van der Waals surface area contributed by atoms with E-state index in [-0.39, 0.29) is 23.0 Å². The lowest BCUT2D eigenvalue weighted by Gasteiger charge is -2.30. The van der Waals surface area contributed by atoms with Crippen LogP contribution in [0.4, 0.5) is 9.80 Å². The maximum atomic E-state index is 13.5. The molecule has 2 aliphatic heterocycles. The Labute approximate surface area is 240 Å². The van der Waals surface area contributed by atoms with Crippen LogP contribution in [0.2, 0.25) is 0 Å². The van der Waals surface area contributed by atoms with Crippen molar-refractivity contribution < 1.29 is 27.5 Å². The zero-order chi connectivity index (χ0) is 29.0. The van der Waals surface area contributed by atoms with E-state index < -0.39 is 22.0 Å². The number of anilines is 1. The molecule has 40 heavy (non-hydrogen) atoms. The third-order valence-corrected chi connectivity index (χ3v) is 10.5. The topological polar surface area (TPSA) is 116 Å². The molecule has 1 atom stereocenters. The first-order chi connectivity index (χ1) is 19.1. The highest BCUT2D eigenvalue weighted by Gasteiger charge is 2.33. The fourth-order valence-electron chi connectivity index (χ4n) is 5.22. The molecule has 12 heteroatoms. The van der Waals surface area contributed by atoms with Gasteiger partial charge in [-0.25, -0.2) is 13.2 Å². The van der Waals surface area contributed by atoms with Gasteiger partial charge >= 0.3 is 6.09 Å². The van der Waals surface area contributed by atoms with Gasteiger partial charge in [-0.1, -0.05) is 6.92 Å². The van der Waals surface area contributed by atoms with Crippen molar-refractivity contribution >= 4 is 44.3 Å². The molecule has 0 bridgehead atoms. The zero-order valence-corrected chi connectivity index (χ0v) is 25.2. The molecular formula is C28H38N4O6S2. The Morgan fingerprint density at radius 3 is 2.42 bits per heavy atom. The molecule has 10 nitrogen and oxygen atoms in total. The number of hydrogen-bond donors (Lipinski definition) is 1. The first-order valence-electron chi connectivity index (χ1n) is 13.9. The number of nitrogens with zero attached hydrogens (tertiary/aromatic N) is 3. The van der Waals surface area contributed by atoms with Crippen molar-refractivity contribution in [3.63, 3.8) is 0 Å². The van der Waals surface area contributed by atoms with Crippen LogP contribution < -0.4 is 5.32 Å². The molecule has 1 unspecified atom stereocenters. The molecule has 3 heterocycles. The SMILES string of the molecule is CCOC(=O)N1CCc2c(sc(NC(=O)c3ccc(S(=O)(=O)N4CCCC(C)C4)cc3)c2C(=O)N(CC)CC)C1. The lowest BCUT2D eigenvalue weighted by Crippen LogP contribution is -2.39. The van der Waals surface area contributed by atoms with E-state index in [0.29, 0.717) is 62.2 Å². The van der Waals surface area contributed by atoms with Crippen molar-refractivity contribution in [1.82, 2.24) is 14.1 Å². The molecule has 1 aromatic heterocycles. The van der Waals surface area contributed by atoms with Gasteiger partial charge in [-0.15, -0.1) is 11.3 Å². The first-order valence-corrected chi connectivity index (χ1v) is 16.1. The summed E-state index contributed by atoms with van der Waals surface area (Å²) in [5.41, 5.74) is 1.58. The number of rotatable bonds is 8. The van der Waals surface area contributed by atoms with Gasteiger partial charge in [0.05, 0.1) is 23.6 Å². The quantitative estimate of drug-likeness (QED) is 0.487. The lowest BCUT2D eigenvalue weighted by molar-refractivity contribution is 0.0772. The molecule has 2 aliphatic rings. The second-order valence-corrected chi connectivity index (χ2v) is 13.2. The van der Waals surface area contributed by atoms with Crippen molar-refractivity contribution in [2.75, 3.05) is 44.6 Å². The normalized spacial score (nSPS) is 17.7. The van der Waals surface area contributed by atoms with Crippen molar-refractivity contribution in [3.05, 3.63) is 45.8 Å². The molecule has 1 N–H and O–H groups in total. The molecule has 2 aromatic rings. The van der Waals surface area contributed by atoms with Gasteiger partial charge in [0.25, 0.3) is 11.8 Å². The summed E-state index contributed by atoms with van der Waals surface area (Å²) in [6, 6.07) is 5.92. The molecular weight excluding hydrogens is 552 g/mol. The molecule has 1 fully saturated rings. The molecule has 3 amide bonds. The molecule has 218 valence electrons. The molecule has 4 rings (SSSR count). The standard InChI is InChI=1S/C28H38N4O6S2/c1-5-30(6-2)27(34)24-22-14-16-31(28(35)38-7-3)18-23(22)39-26(24)29-25(33)20-10-12-21(13-11-20)40(36,37)32-15-8-9-19(4)17-32/h10-13,19H,5-9,14-18H2,1-4H3,(H,29,33). The van der Waals surface area contributed by atoms with E-state index in [1.54, 1.807) is 16.7 Å². The Kier molecular flexibility index (Phi) is 9.52. The van der Waals surface area contributed by atoms with Gasteiger partial charge in [0, 0.05) is 43.2 Å². The second kappa shape index (κ2) is 12.7. The van der Waals surface area contributed by atoms with Crippen molar-refractivity contribution in [2.24, 2.45) is 5.92 Å². The predicted octanol–water partition coefficient (Wildman–Crippen LogP) is 4.42. The highest BCUT2D eigenvalue weighted by molar-refractivity contribution is 7.89. The molecule has 1 aromatic carbocycles. The number of carbonyl (C=O) groups is 3. The summed E-state index contributed by atoms with van der Waals surface area (Å²) in [6.45, 7) is 10.6. The number of hydrogen-bond acceptors (Lipinski definition) is 7. The van der Waals surface area contributed by atoms with Gasteiger partial charge in [-0.2, -0.15) is 4.31 Å². The monoisotopic (exact) mass is 590 g/mol. The summed E-state index contributed by atoms with van der Waals surface area (Å²) < 4.78 is 32.9. The second-order valence-electron chi connectivity index (χ2n) is 10.1. The number of sulfonamides is 1. The van der Waals surface area contributed by atoms with Crippen LogP contribution in [-0.4, -0.2) is 79.8 Å². The van der Waals surface area contributed by atoms with Gasteiger partial charge in [-0.3, -0.25) is 9.59 Å². The van der Waals surface area contributed by atoms with Crippen molar-refractivity contribution in [2.45, 2.75) is 58.4 Å². The predicted molar refractivity (Wildman–Crippen MR) is 154 cm³/mol. The Morgan fingerprint density at radius 2 is 1.80 bits per heavy atom. The van der Waals surface area contributed by atoms with E-state index in [1.807, 2.05) is 20.8 Å². The smallest absolute Gasteiger partial charge is 0.410 e. The van der Waals surface area contributed by atoms with Gasteiger partial charge in [0.2, 0.25) is 10.0 Å². The molecule has 1 saturated heterocycles. The van der Waals surface area contributed by atoms with Gasteiger partial charge < -0.3 is 19.9 Å². The maximum absolute atomic E-state index is 13.5. The van der Waals surface area contributed by atoms with Crippen LogP contribution in [0.3, 0.4) is 0 Å². The van der Waals surface area contributed by atoms with Crippen LogP contribution in [0.15, 0.2) is 29.2 Å². The summed E-state index contributed by atoms with van der Waals surface area (Å²) >= 11 is 1.29. The number of thiophene rings is 1. The van der Waals surface area contributed by atoms with Gasteiger partial charge in [-0.05, 0) is 75.8 Å². The number of piperidine rings is 1. The summed E-state index contributed by atoms with van der Waals surface area (Å²) in [6.07, 6.45) is 1.91.